The van der Waals surface area contributed by atoms with E-state index in [1.807, 2.05) is 11.3 Å². The van der Waals surface area contributed by atoms with Gasteiger partial charge in [0, 0.05) is 48.4 Å². The van der Waals surface area contributed by atoms with Crippen LogP contribution in [0.4, 0.5) is 17.1 Å². The summed E-state index contributed by atoms with van der Waals surface area (Å²) >= 11 is 1.85. The van der Waals surface area contributed by atoms with Gasteiger partial charge in [-0.1, -0.05) is 212 Å². The van der Waals surface area contributed by atoms with Crippen molar-refractivity contribution < 1.29 is 4.74 Å². The molecule has 2 nitrogen and oxygen atoms in total. The predicted molar refractivity (Wildman–Crippen MR) is 295 cm³/mol. The van der Waals surface area contributed by atoms with Crippen molar-refractivity contribution in [1.82, 2.24) is 0 Å². The zero-order valence-corrected chi connectivity index (χ0v) is 39.6. The molecule has 1 aliphatic heterocycles. The largest absolute Gasteiger partial charge is 0.457 e. The van der Waals surface area contributed by atoms with Crippen molar-refractivity contribution in [2.45, 2.75) is 10.8 Å². The van der Waals surface area contributed by atoms with Crippen LogP contribution in [0.1, 0.15) is 44.5 Å². The van der Waals surface area contributed by atoms with Crippen LogP contribution in [0.2, 0.25) is 0 Å². The van der Waals surface area contributed by atoms with Gasteiger partial charge in [0.1, 0.15) is 11.5 Å². The van der Waals surface area contributed by atoms with E-state index >= 15 is 0 Å². The van der Waals surface area contributed by atoms with Gasteiger partial charge >= 0.3 is 0 Å². The number of rotatable bonds is 8. The van der Waals surface area contributed by atoms with Gasteiger partial charge in [-0.2, -0.15) is 0 Å². The Morgan fingerprint density at radius 3 is 1.38 bits per heavy atom. The molecule has 2 heterocycles. The average molecular weight is 924 g/mol. The molecule has 0 fully saturated rings. The summed E-state index contributed by atoms with van der Waals surface area (Å²) in [5.74, 6) is 1.74. The van der Waals surface area contributed by atoms with E-state index in [9.17, 15) is 0 Å². The lowest BCUT2D eigenvalue weighted by Gasteiger charge is -2.41. The lowest BCUT2D eigenvalue weighted by Crippen LogP contribution is -2.34. The number of hydrogen-bond acceptors (Lipinski definition) is 3. The average Bonchev–Trinajstić information content (AvgIpc) is 3.97. The lowest BCUT2D eigenvalue weighted by atomic mass is 9.63. The zero-order valence-electron chi connectivity index (χ0n) is 38.7. The van der Waals surface area contributed by atoms with E-state index in [0.29, 0.717) is 0 Å². The van der Waals surface area contributed by atoms with E-state index in [2.05, 4.69) is 278 Å². The van der Waals surface area contributed by atoms with Crippen molar-refractivity contribution in [1.29, 1.82) is 0 Å². The van der Waals surface area contributed by atoms with Crippen LogP contribution >= 0.6 is 11.3 Å². The van der Waals surface area contributed by atoms with Crippen molar-refractivity contribution >= 4 is 48.6 Å². The Hall–Kier alpha value is -8.76. The van der Waals surface area contributed by atoms with Gasteiger partial charge in [0.15, 0.2) is 0 Å². The normalized spacial score (nSPS) is 13.7. The molecule has 1 aliphatic carbocycles. The molecule has 0 N–H and O–H groups in total. The van der Waals surface area contributed by atoms with Crippen LogP contribution in [0.25, 0.3) is 42.4 Å². The fourth-order valence-electron chi connectivity index (χ4n) is 12.1. The van der Waals surface area contributed by atoms with E-state index < -0.39 is 10.8 Å². The Labute approximate surface area is 418 Å². The molecule has 334 valence electrons. The zero-order chi connectivity index (χ0) is 46.9. The summed E-state index contributed by atoms with van der Waals surface area (Å²) in [7, 11) is 0. The number of thiophene rings is 1. The van der Waals surface area contributed by atoms with Crippen LogP contribution < -0.4 is 9.64 Å². The first-order valence-electron chi connectivity index (χ1n) is 24.4. The highest BCUT2D eigenvalue weighted by Crippen LogP contribution is 2.58. The number of para-hydroxylation sites is 1. The maximum atomic E-state index is 6.77. The van der Waals surface area contributed by atoms with Crippen molar-refractivity contribution in [2.24, 2.45) is 0 Å². The summed E-state index contributed by atoms with van der Waals surface area (Å²) in [5, 5.41) is 2.58. The minimum Gasteiger partial charge on any atom is -0.457 e. The lowest BCUT2D eigenvalue weighted by molar-refractivity contribution is 0.434. The molecule has 0 spiro atoms. The van der Waals surface area contributed by atoms with Crippen LogP contribution in [0.15, 0.2) is 273 Å². The second-order valence-electron chi connectivity index (χ2n) is 18.7. The van der Waals surface area contributed by atoms with Gasteiger partial charge < -0.3 is 9.64 Å². The number of nitrogens with zero attached hydrogens (tertiary/aromatic N) is 1. The number of hydrogen-bond donors (Lipinski definition) is 0. The van der Waals surface area contributed by atoms with Gasteiger partial charge in [0.05, 0.1) is 10.8 Å². The predicted octanol–water partition coefficient (Wildman–Crippen LogP) is 18.0. The third-order valence-electron chi connectivity index (χ3n) is 15.1. The number of ether oxygens (including phenoxy) is 1. The summed E-state index contributed by atoms with van der Waals surface area (Å²) in [6.45, 7) is 0. The molecule has 0 saturated heterocycles. The summed E-state index contributed by atoms with van der Waals surface area (Å²) < 4.78 is 9.33. The Balaban J connectivity index is 0.912. The van der Waals surface area contributed by atoms with Crippen LogP contribution in [0.3, 0.4) is 0 Å². The molecule has 2 aliphatic rings. The van der Waals surface area contributed by atoms with Crippen molar-refractivity contribution in [3.63, 3.8) is 0 Å². The molecule has 14 rings (SSSR count). The van der Waals surface area contributed by atoms with E-state index in [0.717, 1.165) is 50.8 Å². The fourth-order valence-corrected chi connectivity index (χ4v) is 13.2. The molecule has 3 heteroatoms. The third kappa shape index (κ3) is 6.26. The minimum absolute atomic E-state index is 0.476. The van der Waals surface area contributed by atoms with Crippen LogP contribution in [0.5, 0.6) is 11.5 Å². The minimum atomic E-state index is -0.599. The molecule has 12 aromatic rings. The molecule has 0 atom stereocenters. The first-order valence-corrected chi connectivity index (χ1v) is 25.2. The van der Waals surface area contributed by atoms with Gasteiger partial charge in [-0.25, -0.2) is 0 Å². The summed E-state index contributed by atoms with van der Waals surface area (Å²) in [5.41, 5.74) is 16.8. The van der Waals surface area contributed by atoms with Gasteiger partial charge in [-0.15, -0.1) is 11.3 Å². The van der Waals surface area contributed by atoms with Gasteiger partial charge in [-0.3, -0.25) is 0 Å². The highest BCUT2D eigenvalue weighted by atomic mass is 32.1. The molecule has 0 amide bonds. The third-order valence-corrected chi connectivity index (χ3v) is 16.2. The molecule has 0 unspecified atom stereocenters. The standard InChI is InChI=1S/C68H45NOS/c1-4-18-48(19-5-1)67(59-27-13-10-24-55(59)56-25-11-14-28-60(56)67)51-35-39-53(40-36-51)69(54-41-42-58-57-26-12-17-31-65(57)71-66(58)45-54)52-37-32-46(33-38-52)47-34-43-64-62(44-47)68(49-20-6-2-7-21-49,50-22-8-3-9-23-50)61-29-15-16-30-63(61)70-64/h1-45H. The molecule has 0 radical (unpaired) electrons. The molecule has 11 aromatic carbocycles. The Morgan fingerprint density at radius 1 is 0.296 bits per heavy atom. The summed E-state index contributed by atoms with van der Waals surface area (Å²) in [6.07, 6.45) is 0. The van der Waals surface area contributed by atoms with Crippen LogP contribution in [-0.2, 0) is 10.8 Å². The van der Waals surface area contributed by atoms with Gasteiger partial charge in [-0.05, 0) is 116 Å². The molecule has 71 heavy (non-hydrogen) atoms. The summed E-state index contributed by atoms with van der Waals surface area (Å²) in [6, 6.07) is 100. The van der Waals surface area contributed by atoms with E-state index in [1.54, 1.807) is 0 Å². The maximum Gasteiger partial charge on any atom is 0.132 e. The molecule has 1 aromatic heterocycles. The summed E-state index contributed by atoms with van der Waals surface area (Å²) in [4.78, 5) is 2.41. The first-order chi connectivity index (χ1) is 35.2. The van der Waals surface area contributed by atoms with Crippen molar-refractivity contribution in [3.05, 3.63) is 317 Å². The van der Waals surface area contributed by atoms with E-state index in [4.69, 9.17) is 4.74 Å². The Kier molecular flexibility index (Phi) is 9.55. The van der Waals surface area contributed by atoms with E-state index in [-0.39, 0.29) is 0 Å². The highest BCUT2D eigenvalue weighted by molar-refractivity contribution is 7.25. The number of benzene rings is 11. The van der Waals surface area contributed by atoms with Crippen molar-refractivity contribution in [2.75, 3.05) is 4.90 Å². The highest BCUT2D eigenvalue weighted by Gasteiger charge is 2.47. The SMILES string of the molecule is c1ccc(C2(c3ccccc3)c3ccccc3Oc3ccc(-c4ccc(N(c5ccc(C6(c7ccccc7)c7ccccc7-c7ccccc76)cc5)c5ccc6c(c5)sc5ccccc56)cc4)cc32)cc1. The van der Waals surface area contributed by atoms with E-state index in [1.165, 1.54) is 64.7 Å². The van der Waals surface area contributed by atoms with Crippen LogP contribution in [-0.4, -0.2) is 0 Å². The topological polar surface area (TPSA) is 12.5 Å². The quantitative estimate of drug-likeness (QED) is 0.151. The van der Waals surface area contributed by atoms with Gasteiger partial charge in [0.25, 0.3) is 0 Å². The maximum absolute atomic E-state index is 6.77. The Bertz CT molecular complexity index is 3870. The second kappa shape index (κ2) is 16.4. The molecule has 0 bridgehead atoms. The first kappa shape index (κ1) is 41.2. The number of anilines is 3. The smallest absolute Gasteiger partial charge is 0.132 e. The second-order valence-corrected chi connectivity index (χ2v) is 19.8. The number of fused-ring (bicyclic) bond motifs is 8. The molecule has 0 saturated carbocycles. The molecular weight excluding hydrogens is 879 g/mol. The fraction of sp³-hybridized carbons (Fsp3) is 0.0294. The monoisotopic (exact) mass is 923 g/mol. The van der Waals surface area contributed by atoms with Gasteiger partial charge in [0.2, 0.25) is 0 Å². The Morgan fingerprint density at radius 2 is 0.746 bits per heavy atom. The molecular formula is C68H45NOS. The van der Waals surface area contributed by atoms with Crippen molar-refractivity contribution in [3.8, 4) is 33.8 Å². The van der Waals surface area contributed by atoms with Crippen LogP contribution in [0, 0.1) is 0 Å².